The standard InChI is InChI=1S/C25H28N2O4S/c1-16(2)21-10-9-20(13-18(21)4)31-15-23(28)26-11-12-27-24(29)22(32-25(27)30)14-19-7-5-17(3)6-8-19/h5-10,13-14,16H,11-12,15H2,1-4H3,(H,26,28). The van der Waals surface area contributed by atoms with Crippen LogP contribution < -0.4 is 10.1 Å². The van der Waals surface area contributed by atoms with Crippen LogP contribution in [0.3, 0.4) is 0 Å². The van der Waals surface area contributed by atoms with E-state index in [2.05, 4.69) is 19.2 Å². The molecule has 1 fully saturated rings. The van der Waals surface area contributed by atoms with E-state index >= 15 is 0 Å². The summed E-state index contributed by atoms with van der Waals surface area (Å²) in [4.78, 5) is 38.4. The van der Waals surface area contributed by atoms with Crippen LogP contribution in [0.4, 0.5) is 4.79 Å². The maximum Gasteiger partial charge on any atom is 0.293 e. The van der Waals surface area contributed by atoms with E-state index in [0.717, 1.165) is 33.4 Å². The summed E-state index contributed by atoms with van der Waals surface area (Å²) in [6.45, 7) is 8.42. The maximum absolute atomic E-state index is 12.6. The van der Waals surface area contributed by atoms with Crippen molar-refractivity contribution in [2.24, 2.45) is 0 Å². The molecule has 0 unspecified atom stereocenters. The van der Waals surface area contributed by atoms with E-state index in [1.807, 2.05) is 56.3 Å². The van der Waals surface area contributed by atoms with E-state index in [1.165, 1.54) is 5.56 Å². The molecule has 0 bridgehead atoms. The smallest absolute Gasteiger partial charge is 0.293 e. The summed E-state index contributed by atoms with van der Waals surface area (Å²) in [5.74, 6) is 0.410. The van der Waals surface area contributed by atoms with Crippen LogP contribution >= 0.6 is 11.8 Å². The molecule has 1 aliphatic heterocycles. The van der Waals surface area contributed by atoms with Gasteiger partial charge in [0.2, 0.25) is 0 Å². The molecule has 2 aromatic carbocycles. The van der Waals surface area contributed by atoms with Crippen molar-refractivity contribution in [1.82, 2.24) is 10.2 Å². The van der Waals surface area contributed by atoms with Crippen molar-refractivity contribution in [2.45, 2.75) is 33.6 Å². The van der Waals surface area contributed by atoms with Crippen molar-refractivity contribution in [3.63, 3.8) is 0 Å². The second-order valence-electron chi connectivity index (χ2n) is 8.06. The number of thioether (sulfide) groups is 1. The van der Waals surface area contributed by atoms with Crippen LogP contribution in [0.15, 0.2) is 47.4 Å². The lowest BCUT2D eigenvalue weighted by atomic mass is 9.98. The summed E-state index contributed by atoms with van der Waals surface area (Å²) in [6, 6.07) is 13.5. The summed E-state index contributed by atoms with van der Waals surface area (Å²) in [7, 11) is 0. The van der Waals surface area contributed by atoms with Gasteiger partial charge in [0.25, 0.3) is 17.1 Å². The molecular weight excluding hydrogens is 424 g/mol. The van der Waals surface area contributed by atoms with Gasteiger partial charge in [-0.25, -0.2) is 0 Å². The monoisotopic (exact) mass is 452 g/mol. The Bertz CT molecular complexity index is 1040. The van der Waals surface area contributed by atoms with Gasteiger partial charge in [0.05, 0.1) is 4.91 Å². The molecule has 2 aromatic rings. The molecule has 0 atom stereocenters. The van der Waals surface area contributed by atoms with Crippen LogP contribution in [-0.4, -0.2) is 41.6 Å². The zero-order valence-electron chi connectivity index (χ0n) is 18.8. The minimum absolute atomic E-state index is 0.115. The first kappa shape index (κ1) is 23.6. The molecule has 3 rings (SSSR count). The fourth-order valence-corrected chi connectivity index (χ4v) is 4.26. The van der Waals surface area contributed by atoms with Crippen LogP contribution in [0.1, 0.15) is 42.0 Å². The summed E-state index contributed by atoms with van der Waals surface area (Å²) < 4.78 is 5.57. The second-order valence-corrected chi connectivity index (χ2v) is 9.05. The number of nitrogens with zero attached hydrogens (tertiary/aromatic N) is 1. The van der Waals surface area contributed by atoms with Gasteiger partial charge in [0, 0.05) is 13.1 Å². The normalized spacial score (nSPS) is 15.0. The number of carbonyl (C=O) groups is 3. The quantitative estimate of drug-likeness (QED) is 0.590. The maximum atomic E-state index is 12.6. The highest BCUT2D eigenvalue weighted by molar-refractivity contribution is 8.18. The Morgan fingerprint density at radius 3 is 2.50 bits per heavy atom. The number of aryl methyl sites for hydroxylation is 2. The van der Waals surface area contributed by atoms with Crippen molar-refractivity contribution in [2.75, 3.05) is 19.7 Å². The number of ether oxygens (including phenoxy) is 1. The summed E-state index contributed by atoms with van der Waals surface area (Å²) in [5.41, 5.74) is 4.35. The highest BCUT2D eigenvalue weighted by atomic mass is 32.2. The van der Waals surface area contributed by atoms with Gasteiger partial charge in [-0.3, -0.25) is 19.3 Å². The van der Waals surface area contributed by atoms with Crippen molar-refractivity contribution in [1.29, 1.82) is 0 Å². The Kier molecular flexibility index (Phi) is 7.75. The lowest BCUT2D eigenvalue weighted by molar-refractivity contribution is -0.125. The molecule has 7 heteroatoms. The SMILES string of the molecule is Cc1ccc(C=C2SC(=O)N(CCNC(=O)COc3ccc(C(C)C)c(C)c3)C2=O)cc1. The number of hydrogen-bond donors (Lipinski definition) is 1. The minimum atomic E-state index is -0.341. The Balaban J connectivity index is 1.47. The van der Waals surface area contributed by atoms with Gasteiger partial charge in [-0.1, -0.05) is 49.7 Å². The minimum Gasteiger partial charge on any atom is -0.484 e. The highest BCUT2D eigenvalue weighted by Gasteiger charge is 2.34. The van der Waals surface area contributed by atoms with E-state index in [9.17, 15) is 14.4 Å². The molecule has 0 aliphatic carbocycles. The molecular formula is C25H28N2O4S. The van der Waals surface area contributed by atoms with Crippen LogP contribution in [0, 0.1) is 13.8 Å². The molecule has 1 heterocycles. The van der Waals surface area contributed by atoms with Crippen LogP contribution in [0.25, 0.3) is 6.08 Å². The van der Waals surface area contributed by atoms with Crippen molar-refractivity contribution < 1.29 is 19.1 Å². The molecule has 6 nitrogen and oxygen atoms in total. The molecule has 3 amide bonds. The van der Waals surface area contributed by atoms with E-state index in [0.29, 0.717) is 16.6 Å². The average Bonchev–Trinajstić information content (AvgIpc) is 3.01. The largest absolute Gasteiger partial charge is 0.484 e. The number of carbonyl (C=O) groups excluding carboxylic acids is 3. The summed E-state index contributed by atoms with van der Waals surface area (Å²) in [5, 5.41) is 2.36. The molecule has 1 N–H and O–H groups in total. The van der Waals surface area contributed by atoms with Gasteiger partial charge in [-0.2, -0.15) is 0 Å². The molecule has 0 saturated carbocycles. The number of amides is 3. The van der Waals surface area contributed by atoms with Gasteiger partial charge in [-0.05, 0) is 66.4 Å². The highest BCUT2D eigenvalue weighted by Crippen LogP contribution is 2.32. The predicted molar refractivity (Wildman–Crippen MR) is 128 cm³/mol. The Labute approximate surface area is 193 Å². The Morgan fingerprint density at radius 2 is 1.84 bits per heavy atom. The third-order valence-electron chi connectivity index (χ3n) is 5.14. The number of benzene rings is 2. The lowest BCUT2D eigenvalue weighted by Gasteiger charge is -2.14. The number of imide groups is 1. The molecule has 32 heavy (non-hydrogen) atoms. The molecule has 0 radical (unpaired) electrons. The second kappa shape index (κ2) is 10.5. The first-order chi connectivity index (χ1) is 15.2. The molecule has 0 spiro atoms. The molecule has 168 valence electrons. The summed E-state index contributed by atoms with van der Waals surface area (Å²) >= 11 is 0.913. The third kappa shape index (κ3) is 6.01. The van der Waals surface area contributed by atoms with Crippen LogP contribution in [0.2, 0.25) is 0 Å². The third-order valence-corrected chi connectivity index (χ3v) is 6.05. The Hall–Kier alpha value is -3.06. The van der Waals surface area contributed by atoms with Crippen LogP contribution in [0.5, 0.6) is 5.75 Å². The first-order valence-corrected chi connectivity index (χ1v) is 11.4. The number of rotatable bonds is 8. The van der Waals surface area contributed by atoms with E-state index in [1.54, 1.807) is 6.08 Å². The van der Waals surface area contributed by atoms with Crippen molar-refractivity contribution in [3.8, 4) is 5.75 Å². The molecule has 1 saturated heterocycles. The van der Waals surface area contributed by atoms with Gasteiger partial charge in [-0.15, -0.1) is 0 Å². The number of hydrogen-bond acceptors (Lipinski definition) is 5. The van der Waals surface area contributed by atoms with Gasteiger partial charge in [0.15, 0.2) is 6.61 Å². The van der Waals surface area contributed by atoms with Crippen molar-refractivity contribution >= 4 is 34.9 Å². The van der Waals surface area contributed by atoms with E-state index in [4.69, 9.17) is 4.74 Å². The van der Waals surface area contributed by atoms with E-state index in [-0.39, 0.29) is 36.7 Å². The number of nitrogens with one attached hydrogen (secondary N) is 1. The van der Waals surface area contributed by atoms with Gasteiger partial charge < -0.3 is 10.1 Å². The average molecular weight is 453 g/mol. The molecule has 0 aromatic heterocycles. The zero-order chi connectivity index (χ0) is 23.3. The van der Waals surface area contributed by atoms with Gasteiger partial charge in [0.1, 0.15) is 5.75 Å². The fourth-order valence-electron chi connectivity index (χ4n) is 3.40. The fraction of sp³-hybridized carbons (Fsp3) is 0.320. The van der Waals surface area contributed by atoms with Crippen LogP contribution in [-0.2, 0) is 9.59 Å². The van der Waals surface area contributed by atoms with Gasteiger partial charge >= 0.3 is 0 Å². The van der Waals surface area contributed by atoms with E-state index < -0.39 is 0 Å². The predicted octanol–water partition coefficient (Wildman–Crippen LogP) is 4.66. The Morgan fingerprint density at radius 1 is 1.12 bits per heavy atom. The molecule has 1 aliphatic rings. The lowest BCUT2D eigenvalue weighted by Crippen LogP contribution is -2.38. The topological polar surface area (TPSA) is 75.7 Å². The summed E-state index contributed by atoms with van der Waals surface area (Å²) in [6.07, 6.45) is 1.71. The zero-order valence-corrected chi connectivity index (χ0v) is 19.6. The first-order valence-electron chi connectivity index (χ1n) is 10.6. The van der Waals surface area contributed by atoms with Crippen molar-refractivity contribution in [3.05, 3.63) is 69.6 Å².